The van der Waals surface area contributed by atoms with Crippen LogP contribution in [0.3, 0.4) is 0 Å². The minimum atomic E-state index is -4.61. The van der Waals surface area contributed by atoms with Gasteiger partial charge in [0.2, 0.25) is 0 Å². The van der Waals surface area contributed by atoms with Gasteiger partial charge in [-0.1, -0.05) is 49.7 Å². The topological polar surface area (TPSA) is 102 Å². The highest BCUT2D eigenvalue weighted by atomic mass is 19.4. The summed E-state index contributed by atoms with van der Waals surface area (Å²) in [5.74, 6) is -2.01. The molecule has 41 heavy (non-hydrogen) atoms. The number of carbonyl (C=O) groups excluding carboxylic acids is 1. The fraction of sp³-hybridized carbons (Fsp3) is 0.129. The zero-order valence-corrected chi connectivity index (χ0v) is 21.7. The zero-order valence-electron chi connectivity index (χ0n) is 21.7. The van der Waals surface area contributed by atoms with Gasteiger partial charge in [0.05, 0.1) is 22.5 Å². The average Bonchev–Trinajstić information content (AvgIpc) is 3.23. The number of halogens is 3. The molecule has 1 aliphatic rings. The Bertz CT molecular complexity index is 1680. The normalized spacial score (nSPS) is 13.9. The minimum absolute atomic E-state index is 0.0368. The van der Waals surface area contributed by atoms with Gasteiger partial charge in [0.1, 0.15) is 5.75 Å². The summed E-state index contributed by atoms with van der Waals surface area (Å²) >= 11 is 0. The number of benzene rings is 4. The first-order valence-corrected chi connectivity index (χ1v) is 12.7. The van der Waals surface area contributed by atoms with Crippen LogP contribution in [0, 0.1) is 0 Å². The molecule has 0 radical (unpaired) electrons. The molecule has 1 amide bonds. The van der Waals surface area contributed by atoms with Crippen molar-refractivity contribution in [1.82, 2.24) is 0 Å². The van der Waals surface area contributed by atoms with Crippen LogP contribution < -0.4 is 10.3 Å². The van der Waals surface area contributed by atoms with Crippen LogP contribution in [-0.4, -0.2) is 27.8 Å². The number of nitrogens with one attached hydrogen (secondary N) is 1. The Balaban J connectivity index is 1.54. The summed E-state index contributed by atoms with van der Waals surface area (Å²) in [6, 6.07) is 20.8. The number of aromatic hydroxyl groups is 1. The van der Waals surface area contributed by atoms with E-state index in [1.165, 1.54) is 29.2 Å². The number of hydrazone groups is 1. The van der Waals surface area contributed by atoms with E-state index in [9.17, 15) is 33.0 Å². The van der Waals surface area contributed by atoms with Gasteiger partial charge in [0.25, 0.3) is 5.91 Å². The Morgan fingerprint density at radius 2 is 1.68 bits per heavy atom. The van der Waals surface area contributed by atoms with Gasteiger partial charge < -0.3 is 10.2 Å². The predicted octanol–water partition coefficient (Wildman–Crippen LogP) is 7.22. The first kappa shape index (κ1) is 27.4. The maximum Gasteiger partial charge on any atom is 0.416 e. The highest BCUT2D eigenvalue weighted by Crippen LogP contribution is 2.41. The number of phenolic OH excluding ortho intramolecular Hbond substituents is 1. The number of aromatic carboxylic acids is 1. The summed E-state index contributed by atoms with van der Waals surface area (Å²) in [4.78, 5) is 26.2. The summed E-state index contributed by atoms with van der Waals surface area (Å²) in [5, 5.41) is 24.4. The Labute approximate surface area is 233 Å². The number of anilines is 3. The van der Waals surface area contributed by atoms with E-state index in [0.29, 0.717) is 16.8 Å². The fourth-order valence-electron chi connectivity index (χ4n) is 4.69. The van der Waals surface area contributed by atoms with Crippen molar-refractivity contribution in [1.29, 1.82) is 0 Å². The van der Waals surface area contributed by atoms with Crippen molar-refractivity contribution in [2.24, 2.45) is 5.10 Å². The maximum absolute atomic E-state index is 13.6. The van der Waals surface area contributed by atoms with Crippen LogP contribution in [0.1, 0.15) is 40.4 Å². The molecule has 5 rings (SSSR count). The molecule has 1 aliphatic heterocycles. The summed E-state index contributed by atoms with van der Waals surface area (Å²) in [6.07, 6.45) is -2.87. The minimum Gasteiger partial charge on any atom is -0.505 e. The molecular weight excluding hydrogens is 535 g/mol. The lowest BCUT2D eigenvalue weighted by atomic mass is 10.0. The van der Waals surface area contributed by atoms with E-state index in [1.54, 1.807) is 36.4 Å². The number of phenols is 1. The molecule has 7 nitrogen and oxygen atoms in total. The smallest absolute Gasteiger partial charge is 0.416 e. The van der Waals surface area contributed by atoms with Crippen LogP contribution >= 0.6 is 0 Å². The van der Waals surface area contributed by atoms with Crippen LogP contribution in [0.2, 0.25) is 0 Å². The Hall–Kier alpha value is -5.12. The van der Waals surface area contributed by atoms with Crippen LogP contribution in [0.25, 0.3) is 11.1 Å². The van der Waals surface area contributed by atoms with Gasteiger partial charge in [0, 0.05) is 16.8 Å². The number of nitrogens with zero attached hydrogens (tertiary/aromatic N) is 2. The molecule has 0 unspecified atom stereocenters. The van der Waals surface area contributed by atoms with Crippen molar-refractivity contribution in [3.05, 3.63) is 107 Å². The first-order chi connectivity index (χ1) is 19.6. The molecule has 1 heterocycles. The molecule has 0 spiro atoms. The monoisotopic (exact) mass is 559 g/mol. The average molecular weight is 560 g/mol. The van der Waals surface area contributed by atoms with Gasteiger partial charge in [-0.05, 0) is 66.1 Å². The quantitative estimate of drug-likeness (QED) is 0.164. The molecule has 0 aliphatic carbocycles. The number of carbonyl (C=O) groups is 2. The molecule has 4 aromatic carbocycles. The number of carboxylic acid groups (broad SMARTS) is 1. The number of fused-ring (bicyclic) bond motifs is 1. The lowest BCUT2D eigenvalue weighted by Gasteiger charge is -2.18. The third kappa shape index (κ3) is 5.36. The van der Waals surface area contributed by atoms with Crippen molar-refractivity contribution in [3.8, 4) is 16.9 Å². The molecule has 0 bridgehead atoms. The van der Waals surface area contributed by atoms with E-state index < -0.39 is 23.6 Å². The second-order valence-electron chi connectivity index (χ2n) is 9.45. The number of rotatable bonds is 7. The van der Waals surface area contributed by atoms with Gasteiger partial charge in [-0.3, -0.25) is 15.1 Å². The Morgan fingerprint density at radius 3 is 2.37 bits per heavy atom. The Morgan fingerprint density at radius 1 is 0.951 bits per heavy atom. The molecule has 4 aromatic rings. The molecule has 0 saturated heterocycles. The van der Waals surface area contributed by atoms with Crippen LogP contribution in [0.5, 0.6) is 5.75 Å². The Kier molecular flexibility index (Phi) is 7.23. The van der Waals surface area contributed by atoms with Crippen molar-refractivity contribution >= 4 is 34.7 Å². The molecule has 0 fully saturated rings. The third-order valence-electron chi connectivity index (χ3n) is 6.70. The lowest BCUT2D eigenvalue weighted by molar-refractivity contribution is -0.137. The second-order valence-corrected chi connectivity index (χ2v) is 9.45. The van der Waals surface area contributed by atoms with Gasteiger partial charge in [-0.2, -0.15) is 18.3 Å². The molecule has 0 atom stereocenters. The highest BCUT2D eigenvalue weighted by molar-refractivity contribution is 6.55. The van der Waals surface area contributed by atoms with Gasteiger partial charge >= 0.3 is 12.1 Å². The molecular formula is C31H24F3N3O4. The van der Waals surface area contributed by atoms with Crippen LogP contribution in [0.15, 0.2) is 90.0 Å². The molecule has 3 N–H and O–H groups in total. The number of aryl methyl sites for hydroxylation is 1. The third-order valence-corrected chi connectivity index (χ3v) is 6.70. The van der Waals surface area contributed by atoms with Crippen LogP contribution in [-0.2, 0) is 17.4 Å². The summed E-state index contributed by atoms with van der Waals surface area (Å²) in [5.41, 5.74) is 4.20. The van der Waals surface area contributed by atoms with Gasteiger partial charge in [-0.25, -0.2) is 4.79 Å². The number of amides is 1. The number of hydrogen-bond donors (Lipinski definition) is 3. The van der Waals surface area contributed by atoms with Gasteiger partial charge in [-0.15, -0.1) is 0 Å². The van der Waals surface area contributed by atoms with E-state index in [0.717, 1.165) is 30.5 Å². The standard InChI is InChI=1S/C31H24F3N3O4/c1-2-5-18-10-13-22(14-11-18)37-26-17-21(31(32,33)34)12-15-24(26)27(29(37)39)36-35-25-9-4-8-23(28(25)38)19-6-3-7-20(16-19)30(40)41/h3-4,6-17,35,38H,2,5H2,1H3,(H,40,41). The van der Waals surface area contributed by atoms with Crippen molar-refractivity contribution in [2.75, 3.05) is 10.3 Å². The van der Waals surface area contributed by atoms with Crippen molar-refractivity contribution < 1.29 is 33.0 Å². The van der Waals surface area contributed by atoms with E-state index in [1.807, 2.05) is 19.1 Å². The molecule has 0 saturated carbocycles. The van der Waals surface area contributed by atoms with Gasteiger partial charge in [0.15, 0.2) is 5.71 Å². The zero-order chi connectivity index (χ0) is 29.3. The lowest BCUT2D eigenvalue weighted by Crippen LogP contribution is -2.26. The van der Waals surface area contributed by atoms with Crippen LogP contribution in [0.4, 0.5) is 30.2 Å². The van der Waals surface area contributed by atoms with E-state index in [-0.39, 0.29) is 34.0 Å². The molecule has 0 aromatic heterocycles. The van der Waals surface area contributed by atoms with E-state index >= 15 is 0 Å². The summed E-state index contributed by atoms with van der Waals surface area (Å²) in [6.45, 7) is 2.03. The number of para-hydroxylation sites is 1. The summed E-state index contributed by atoms with van der Waals surface area (Å²) < 4.78 is 40.7. The van der Waals surface area contributed by atoms with Crippen molar-refractivity contribution in [2.45, 2.75) is 25.9 Å². The SMILES string of the molecule is CCCc1ccc(N2C(=O)C(=NNc3cccc(-c4cccc(C(=O)O)c4)c3O)c3ccc(C(F)(F)F)cc32)cc1. The molecule has 208 valence electrons. The van der Waals surface area contributed by atoms with Crippen molar-refractivity contribution in [3.63, 3.8) is 0 Å². The van der Waals surface area contributed by atoms with E-state index in [2.05, 4.69) is 10.5 Å². The number of hydrogen-bond acceptors (Lipinski definition) is 5. The largest absolute Gasteiger partial charge is 0.505 e. The highest BCUT2D eigenvalue weighted by Gasteiger charge is 2.39. The first-order valence-electron chi connectivity index (χ1n) is 12.7. The number of alkyl halides is 3. The van der Waals surface area contributed by atoms with E-state index in [4.69, 9.17) is 0 Å². The fourth-order valence-corrected chi connectivity index (χ4v) is 4.69. The number of carboxylic acids is 1. The predicted molar refractivity (Wildman–Crippen MR) is 150 cm³/mol. The second kappa shape index (κ2) is 10.8. The maximum atomic E-state index is 13.6. The molecule has 10 heteroatoms. The summed E-state index contributed by atoms with van der Waals surface area (Å²) in [7, 11) is 0.